The van der Waals surface area contributed by atoms with Gasteiger partial charge in [-0.15, -0.1) is 0 Å². The third-order valence-electron chi connectivity index (χ3n) is 5.56. The smallest absolute Gasteiger partial charge is 0.330 e. The zero-order chi connectivity index (χ0) is 26.2. The highest BCUT2D eigenvalue weighted by Gasteiger charge is 2.25. The van der Waals surface area contributed by atoms with Gasteiger partial charge < -0.3 is 20.5 Å². The number of aromatic nitrogens is 4. The third kappa shape index (κ3) is 6.49. The average Bonchev–Trinajstić information content (AvgIpc) is 3.36. The Hall–Kier alpha value is -4.15. The van der Waals surface area contributed by atoms with Crippen LogP contribution in [0.3, 0.4) is 0 Å². The van der Waals surface area contributed by atoms with Crippen LogP contribution < -0.4 is 27.2 Å². The zero-order valence-electron chi connectivity index (χ0n) is 20.9. The van der Waals surface area contributed by atoms with Crippen LogP contribution in [-0.2, 0) is 17.9 Å². The molecule has 0 bridgehead atoms. The summed E-state index contributed by atoms with van der Waals surface area (Å²) in [6, 6.07) is 6.51. The molecule has 0 aliphatic rings. The predicted molar refractivity (Wildman–Crippen MR) is 139 cm³/mol. The van der Waals surface area contributed by atoms with Gasteiger partial charge >= 0.3 is 5.69 Å². The fraction of sp³-hybridized carbons (Fsp3) is 0.400. The topological polar surface area (TPSA) is 148 Å². The Morgan fingerprint density at radius 1 is 1.25 bits per heavy atom. The lowest BCUT2D eigenvalue weighted by Crippen LogP contribution is -2.42. The lowest BCUT2D eigenvalue weighted by atomic mass is 10.1. The Bertz CT molecular complexity index is 1310. The number of H-pyrrole nitrogens is 1. The zero-order valence-corrected chi connectivity index (χ0v) is 20.9. The number of hydrogen-bond donors (Lipinski definition) is 3. The molecule has 36 heavy (non-hydrogen) atoms. The maximum absolute atomic E-state index is 13.6. The van der Waals surface area contributed by atoms with E-state index in [1.807, 2.05) is 20.8 Å². The lowest BCUT2D eigenvalue weighted by molar-refractivity contribution is -0.116. The van der Waals surface area contributed by atoms with Gasteiger partial charge in [0.1, 0.15) is 5.82 Å². The number of imidazole rings is 1. The van der Waals surface area contributed by atoms with Gasteiger partial charge in [-0.3, -0.25) is 23.9 Å². The molecular formula is C25H33N7O4. The quantitative estimate of drug-likeness (QED) is 0.372. The molecule has 3 aromatic rings. The molecule has 0 saturated heterocycles. The molecule has 4 N–H and O–H groups in total. The SMILES string of the molecule is CCCCN(C(=O)c1cccc(NC(=O)CCn2ccnc2)c1)c1c(N)n(CC(C)C)c(=O)[nH]c1=O. The van der Waals surface area contributed by atoms with Crippen molar-refractivity contribution in [3.05, 3.63) is 69.4 Å². The first-order chi connectivity index (χ1) is 17.2. The average molecular weight is 496 g/mol. The Morgan fingerprint density at radius 2 is 2.03 bits per heavy atom. The minimum absolute atomic E-state index is 0.0501. The largest absolute Gasteiger partial charge is 0.383 e. The number of rotatable bonds is 11. The molecule has 11 nitrogen and oxygen atoms in total. The van der Waals surface area contributed by atoms with E-state index in [-0.39, 0.29) is 41.9 Å². The molecule has 192 valence electrons. The monoisotopic (exact) mass is 495 g/mol. The summed E-state index contributed by atoms with van der Waals surface area (Å²) >= 11 is 0. The molecule has 0 aliphatic heterocycles. The summed E-state index contributed by atoms with van der Waals surface area (Å²) in [6.45, 7) is 6.83. The van der Waals surface area contributed by atoms with E-state index in [0.29, 0.717) is 25.2 Å². The van der Waals surface area contributed by atoms with Crippen molar-refractivity contribution in [3.63, 3.8) is 0 Å². The normalized spacial score (nSPS) is 11.0. The van der Waals surface area contributed by atoms with Crippen molar-refractivity contribution < 1.29 is 9.59 Å². The number of aromatic amines is 1. The van der Waals surface area contributed by atoms with E-state index in [2.05, 4.69) is 15.3 Å². The number of carbonyl (C=O) groups excluding carboxylic acids is 2. The van der Waals surface area contributed by atoms with E-state index in [0.717, 1.165) is 6.42 Å². The van der Waals surface area contributed by atoms with E-state index in [1.165, 1.54) is 9.47 Å². The number of nitrogens with one attached hydrogen (secondary N) is 2. The fourth-order valence-electron chi connectivity index (χ4n) is 3.77. The summed E-state index contributed by atoms with van der Waals surface area (Å²) in [6.07, 6.45) is 6.69. The lowest BCUT2D eigenvalue weighted by Gasteiger charge is -2.25. The molecule has 0 saturated carbocycles. The van der Waals surface area contributed by atoms with Crippen molar-refractivity contribution in [2.45, 2.75) is 53.1 Å². The first kappa shape index (κ1) is 26.5. The molecule has 0 atom stereocenters. The first-order valence-electron chi connectivity index (χ1n) is 12.0. The van der Waals surface area contributed by atoms with Gasteiger partial charge in [0, 0.05) is 49.7 Å². The molecule has 2 amide bonds. The summed E-state index contributed by atoms with van der Waals surface area (Å²) in [4.78, 5) is 58.8. The van der Waals surface area contributed by atoms with Crippen LogP contribution in [-0.4, -0.2) is 37.5 Å². The highest BCUT2D eigenvalue weighted by atomic mass is 16.2. The number of nitrogen functional groups attached to an aromatic ring is 1. The standard InChI is InChI=1S/C25H33N7O4/c1-4-5-11-31(21-22(26)32(15-17(2)3)25(36)29-23(21)34)24(35)18-7-6-8-19(14-18)28-20(33)9-12-30-13-10-27-16-30/h6-8,10,13-14,16-17H,4-5,9,11-12,15,26H2,1-3H3,(H,28,33)(H,29,34,36). The second-order valence-corrected chi connectivity index (χ2v) is 8.99. The summed E-state index contributed by atoms with van der Waals surface area (Å²) in [5, 5.41) is 2.80. The molecule has 11 heteroatoms. The number of benzene rings is 1. The van der Waals surface area contributed by atoms with Crippen LogP contribution in [0.15, 0.2) is 52.6 Å². The molecule has 1 aromatic carbocycles. The molecule has 0 unspecified atom stereocenters. The number of hydrogen-bond acceptors (Lipinski definition) is 6. The fourth-order valence-corrected chi connectivity index (χ4v) is 3.77. The van der Waals surface area contributed by atoms with E-state index in [9.17, 15) is 19.2 Å². The Labute approximate surface area is 209 Å². The number of unbranched alkanes of at least 4 members (excludes halogenated alkanes) is 1. The minimum atomic E-state index is -0.717. The highest BCUT2D eigenvalue weighted by molar-refractivity contribution is 6.08. The molecule has 0 aliphatic carbocycles. The number of nitrogens with zero attached hydrogens (tertiary/aromatic N) is 4. The second-order valence-electron chi connectivity index (χ2n) is 8.99. The number of nitrogens with two attached hydrogens (primary N) is 1. The maximum atomic E-state index is 13.6. The van der Waals surface area contributed by atoms with Crippen LogP contribution in [0, 0.1) is 5.92 Å². The van der Waals surface area contributed by atoms with Gasteiger partial charge in [-0.25, -0.2) is 9.78 Å². The van der Waals surface area contributed by atoms with Crippen LogP contribution >= 0.6 is 0 Å². The number of aryl methyl sites for hydroxylation is 1. The van der Waals surface area contributed by atoms with Crippen molar-refractivity contribution in [1.29, 1.82) is 0 Å². The van der Waals surface area contributed by atoms with Gasteiger partial charge in [0.05, 0.1) is 6.33 Å². The Balaban J connectivity index is 1.88. The van der Waals surface area contributed by atoms with Crippen molar-refractivity contribution in [3.8, 4) is 0 Å². The van der Waals surface area contributed by atoms with Gasteiger partial charge in [-0.1, -0.05) is 33.3 Å². The molecular weight excluding hydrogens is 462 g/mol. The van der Waals surface area contributed by atoms with Gasteiger partial charge in [-0.05, 0) is 30.5 Å². The van der Waals surface area contributed by atoms with Gasteiger partial charge in [0.2, 0.25) is 5.91 Å². The molecule has 0 radical (unpaired) electrons. The van der Waals surface area contributed by atoms with Crippen molar-refractivity contribution in [2.24, 2.45) is 5.92 Å². The number of amides is 2. The predicted octanol–water partition coefficient (Wildman–Crippen LogP) is 2.45. The minimum Gasteiger partial charge on any atom is -0.383 e. The second kappa shape index (κ2) is 12.0. The van der Waals surface area contributed by atoms with Crippen LogP contribution in [0.25, 0.3) is 0 Å². The van der Waals surface area contributed by atoms with E-state index < -0.39 is 17.2 Å². The van der Waals surface area contributed by atoms with Crippen LogP contribution in [0.1, 0.15) is 50.4 Å². The van der Waals surface area contributed by atoms with Crippen LogP contribution in [0.5, 0.6) is 0 Å². The molecule has 0 spiro atoms. The molecule has 2 aromatic heterocycles. The summed E-state index contributed by atoms with van der Waals surface area (Å²) in [5.74, 6) is -0.619. The van der Waals surface area contributed by atoms with Gasteiger partial charge in [-0.2, -0.15) is 0 Å². The summed E-state index contributed by atoms with van der Waals surface area (Å²) < 4.78 is 3.08. The van der Waals surface area contributed by atoms with Crippen LogP contribution in [0.4, 0.5) is 17.2 Å². The van der Waals surface area contributed by atoms with Crippen molar-refractivity contribution >= 4 is 29.0 Å². The summed E-state index contributed by atoms with van der Waals surface area (Å²) in [5.41, 5.74) is 5.63. The summed E-state index contributed by atoms with van der Waals surface area (Å²) in [7, 11) is 0. The molecule has 3 rings (SSSR count). The van der Waals surface area contributed by atoms with E-state index >= 15 is 0 Å². The van der Waals surface area contributed by atoms with Crippen molar-refractivity contribution in [1.82, 2.24) is 19.1 Å². The number of carbonyl (C=O) groups is 2. The van der Waals surface area contributed by atoms with E-state index in [4.69, 9.17) is 5.73 Å². The molecule has 2 heterocycles. The Morgan fingerprint density at radius 3 is 2.69 bits per heavy atom. The van der Waals surface area contributed by atoms with Crippen molar-refractivity contribution in [2.75, 3.05) is 22.5 Å². The third-order valence-corrected chi connectivity index (χ3v) is 5.56. The highest BCUT2D eigenvalue weighted by Crippen LogP contribution is 2.22. The number of anilines is 3. The first-order valence-corrected chi connectivity index (χ1v) is 12.0. The maximum Gasteiger partial charge on any atom is 0.330 e. The van der Waals surface area contributed by atoms with E-state index in [1.54, 1.807) is 47.6 Å². The van der Waals surface area contributed by atoms with Gasteiger partial charge in [0.15, 0.2) is 5.69 Å². The molecule has 0 fully saturated rings. The Kier molecular flexibility index (Phi) is 8.82. The van der Waals surface area contributed by atoms with Gasteiger partial charge in [0.25, 0.3) is 11.5 Å². The van der Waals surface area contributed by atoms with Crippen LogP contribution in [0.2, 0.25) is 0 Å².